The lowest BCUT2D eigenvalue weighted by molar-refractivity contribution is 0.0974. The summed E-state index contributed by atoms with van der Waals surface area (Å²) in [7, 11) is 0. The highest BCUT2D eigenvalue weighted by Crippen LogP contribution is 2.27. The van der Waals surface area contributed by atoms with E-state index in [1.165, 1.54) is 0 Å². The summed E-state index contributed by atoms with van der Waals surface area (Å²) < 4.78 is 0. The van der Waals surface area contributed by atoms with E-state index in [2.05, 4.69) is 16.4 Å². The highest BCUT2D eigenvalue weighted by atomic mass is 35.5. The number of halogens is 1. The topological polar surface area (TPSA) is 79.0 Å². The lowest BCUT2D eigenvalue weighted by atomic mass is 9.92. The quantitative estimate of drug-likeness (QED) is 0.365. The fourth-order valence-electron chi connectivity index (χ4n) is 4.23. The number of rotatable bonds is 6. The normalized spacial score (nSPS) is 13.4. The first-order chi connectivity index (χ1) is 16.4. The van der Waals surface area contributed by atoms with E-state index < -0.39 is 0 Å². The van der Waals surface area contributed by atoms with Crippen LogP contribution in [-0.4, -0.2) is 22.3 Å². The van der Waals surface area contributed by atoms with Crippen LogP contribution >= 0.6 is 11.6 Å². The van der Waals surface area contributed by atoms with E-state index in [1.807, 2.05) is 37.3 Å². The third-order valence-electron chi connectivity index (χ3n) is 5.99. The maximum absolute atomic E-state index is 12.8. The molecule has 0 amide bonds. The second kappa shape index (κ2) is 8.76. The molecule has 0 aliphatic heterocycles. The van der Waals surface area contributed by atoms with Crippen LogP contribution in [0.15, 0.2) is 83.5 Å². The Labute approximate surface area is 201 Å². The van der Waals surface area contributed by atoms with E-state index >= 15 is 0 Å². The van der Waals surface area contributed by atoms with Gasteiger partial charge in [-0.05, 0) is 41.6 Å². The zero-order chi connectivity index (χ0) is 23.8. The van der Waals surface area contributed by atoms with Gasteiger partial charge in [0.05, 0.1) is 0 Å². The summed E-state index contributed by atoms with van der Waals surface area (Å²) in [5, 5.41) is 3.99. The summed E-state index contributed by atoms with van der Waals surface area (Å²) in [5.41, 5.74) is 5.34. The minimum absolute atomic E-state index is 0.0292. The van der Waals surface area contributed by atoms with Gasteiger partial charge in [0.2, 0.25) is 11.6 Å². The first-order valence-corrected chi connectivity index (χ1v) is 11.3. The summed E-state index contributed by atoms with van der Waals surface area (Å²) in [6.07, 6.45) is 0.316. The van der Waals surface area contributed by atoms with Gasteiger partial charge in [-0.25, -0.2) is 0 Å². The summed E-state index contributed by atoms with van der Waals surface area (Å²) in [6.45, 7) is 2.30. The molecule has 0 saturated carbocycles. The molecule has 0 bridgehead atoms. The smallest absolute Gasteiger partial charge is 0.211 e. The number of nitrogens with one attached hydrogen (secondary N) is 2. The summed E-state index contributed by atoms with van der Waals surface area (Å²) in [5.74, 6) is -0.642. The minimum Gasteiger partial charge on any atom is -0.376 e. The number of allylic oxidation sites excluding steroid dienone is 2. The Morgan fingerprint density at radius 3 is 2.29 bits per heavy atom. The Bertz CT molecular complexity index is 1500. The van der Waals surface area contributed by atoms with E-state index in [0.29, 0.717) is 29.7 Å². The molecule has 6 heteroatoms. The van der Waals surface area contributed by atoms with Crippen LogP contribution in [0.1, 0.15) is 47.9 Å². The van der Waals surface area contributed by atoms with Crippen LogP contribution in [0.25, 0.3) is 10.9 Å². The van der Waals surface area contributed by atoms with E-state index in [1.54, 1.807) is 36.4 Å². The molecule has 0 fully saturated rings. The summed E-state index contributed by atoms with van der Waals surface area (Å²) >= 11 is 6.20. The number of carbonyl (C=O) groups excluding carboxylic acids is 3. The average molecular weight is 469 g/mol. The molecule has 0 spiro atoms. The fraction of sp³-hybridized carbons (Fsp3) is 0.107. The van der Waals surface area contributed by atoms with Gasteiger partial charge in [-0.15, -0.1) is 0 Å². The maximum Gasteiger partial charge on any atom is 0.211 e. The van der Waals surface area contributed by atoms with E-state index in [4.69, 9.17) is 11.6 Å². The predicted octanol–water partition coefficient (Wildman–Crippen LogP) is 5.52. The number of Topliss-reactive ketones (excluding diaryl/α,β-unsaturated/α-hetero) is 3. The zero-order valence-corrected chi connectivity index (χ0v) is 19.2. The number of aromatic amines is 1. The highest BCUT2D eigenvalue weighted by molar-refractivity contribution is 6.49. The number of hydrogen-bond acceptors (Lipinski definition) is 4. The molecule has 0 radical (unpaired) electrons. The molecule has 34 heavy (non-hydrogen) atoms. The van der Waals surface area contributed by atoms with Gasteiger partial charge in [0, 0.05) is 40.9 Å². The number of carbonyl (C=O) groups is 3. The molecule has 4 aromatic rings. The molecule has 0 atom stereocenters. The van der Waals surface area contributed by atoms with Gasteiger partial charge in [-0.1, -0.05) is 66.2 Å². The number of H-pyrrole nitrogens is 1. The van der Waals surface area contributed by atoms with Crippen LogP contribution in [0, 0.1) is 6.92 Å². The summed E-state index contributed by atoms with van der Waals surface area (Å²) in [6, 6.07) is 21.9. The fourth-order valence-corrected chi connectivity index (χ4v) is 4.48. The van der Waals surface area contributed by atoms with E-state index in [0.717, 1.165) is 27.7 Å². The van der Waals surface area contributed by atoms with Crippen LogP contribution < -0.4 is 5.32 Å². The first kappa shape index (κ1) is 21.9. The lowest BCUT2D eigenvalue weighted by Gasteiger charge is -2.19. The molecule has 2 N–H and O–H groups in total. The molecule has 3 aromatic carbocycles. The number of aryl methyl sites for hydroxylation is 1. The molecule has 0 saturated heterocycles. The van der Waals surface area contributed by atoms with Crippen molar-refractivity contribution in [3.63, 3.8) is 0 Å². The Morgan fingerprint density at radius 1 is 0.882 bits per heavy atom. The van der Waals surface area contributed by atoms with Crippen LogP contribution in [-0.2, 0) is 13.0 Å². The van der Waals surface area contributed by atoms with Crippen molar-refractivity contribution in [2.24, 2.45) is 0 Å². The Morgan fingerprint density at radius 2 is 1.56 bits per heavy atom. The molecule has 168 valence electrons. The van der Waals surface area contributed by atoms with Crippen molar-refractivity contribution in [3.8, 4) is 0 Å². The van der Waals surface area contributed by atoms with Crippen molar-refractivity contribution in [1.29, 1.82) is 0 Å². The lowest BCUT2D eigenvalue weighted by Crippen LogP contribution is -2.28. The molecule has 5 rings (SSSR count). The van der Waals surface area contributed by atoms with Crippen molar-refractivity contribution in [1.82, 2.24) is 10.3 Å². The SMILES string of the molecule is Cc1cc2cc(CC(=O)c3ccc(CNC4=C(Cl)C(=O)c5ccccc5C4=O)cc3)ccc2[nH]1. The van der Waals surface area contributed by atoms with Gasteiger partial charge < -0.3 is 10.3 Å². The number of hydrogen-bond donors (Lipinski definition) is 2. The number of fused-ring (bicyclic) bond motifs is 2. The minimum atomic E-state index is -0.367. The van der Waals surface area contributed by atoms with E-state index in [-0.39, 0.29) is 28.1 Å². The van der Waals surface area contributed by atoms with Crippen molar-refractivity contribution in [2.45, 2.75) is 19.9 Å². The monoisotopic (exact) mass is 468 g/mol. The van der Waals surface area contributed by atoms with Crippen molar-refractivity contribution in [2.75, 3.05) is 0 Å². The third kappa shape index (κ3) is 4.06. The van der Waals surface area contributed by atoms with Crippen LogP contribution in [0.2, 0.25) is 0 Å². The first-order valence-electron chi connectivity index (χ1n) is 10.9. The van der Waals surface area contributed by atoms with Crippen LogP contribution in [0.5, 0.6) is 0 Å². The third-order valence-corrected chi connectivity index (χ3v) is 6.35. The van der Waals surface area contributed by atoms with Gasteiger partial charge in [0.25, 0.3) is 0 Å². The van der Waals surface area contributed by atoms with Crippen molar-refractivity contribution < 1.29 is 14.4 Å². The predicted molar refractivity (Wildman–Crippen MR) is 132 cm³/mol. The van der Waals surface area contributed by atoms with Crippen molar-refractivity contribution in [3.05, 3.63) is 117 Å². The molecule has 0 unspecified atom stereocenters. The van der Waals surface area contributed by atoms with Gasteiger partial charge in [-0.2, -0.15) is 0 Å². The van der Waals surface area contributed by atoms with Crippen molar-refractivity contribution >= 4 is 39.9 Å². The number of ketones is 3. The Hall–Kier alpha value is -3.96. The van der Waals surface area contributed by atoms with Crippen LogP contribution in [0.4, 0.5) is 0 Å². The number of benzene rings is 3. The molecular weight excluding hydrogens is 448 g/mol. The van der Waals surface area contributed by atoms with Gasteiger partial charge in [-0.3, -0.25) is 14.4 Å². The largest absolute Gasteiger partial charge is 0.376 e. The molecule has 5 nitrogen and oxygen atoms in total. The Balaban J connectivity index is 1.26. The zero-order valence-electron chi connectivity index (χ0n) is 18.4. The van der Waals surface area contributed by atoms with Gasteiger partial charge in [0.15, 0.2) is 5.78 Å². The molecular formula is C28H21ClN2O3. The van der Waals surface area contributed by atoms with Gasteiger partial charge in [0.1, 0.15) is 10.7 Å². The number of aromatic nitrogens is 1. The molecule has 1 aliphatic carbocycles. The standard InChI is InChI=1S/C28H21ClN2O3/c1-16-12-20-13-18(8-11-23(20)31-16)14-24(32)19-9-6-17(7-10-19)15-30-26-25(29)27(33)21-4-2-3-5-22(21)28(26)34/h2-13,30-31H,14-15H2,1H3. The highest BCUT2D eigenvalue weighted by Gasteiger charge is 2.30. The van der Waals surface area contributed by atoms with E-state index in [9.17, 15) is 14.4 Å². The maximum atomic E-state index is 12.8. The van der Waals surface area contributed by atoms with Crippen LogP contribution in [0.3, 0.4) is 0 Å². The second-order valence-corrected chi connectivity index (χ2v) is 8.80. The van der Waals surface area contributed by atoms with Gasteiger partial charge >= 0.3 is 0 Å². The molecule has 1 heterocycles. The average Bonchev–Trinajstić information content (AvgIpc) is 3.22. The molecule has 1 aliphatic rings. The second-order valence-electron chi connectivity index (χ2n) is 8.42. The molecule has 1 aromatic heterocycles. The Kier molecular flexibility index (Phi) is 5.64. The summed E-state index contributed by atoms with van der Waals surface area (Å²) in [4.78, 5) is 41.4.